The fourth-order valence-electron chi connectivity index (χ4n) is 2.38. The highest BCUT2D eigenvalue weighted by Crippen LogP contribution is 2.27. The standard InChI is InChI=1S/C19H20N2O4/c1-14-6-2-3-7-15(14)12-18-20-19(25-21-18)13-24-17-9-5-4-8-16(17)23-11-10-22/h2-9,22H,10-13H2,1H3. The van der Waals surface area contributed by atoms with Gasteiger partial charge in [0, 0.05) is 6.42 Å². The number of para-hydroxylation sites is 2. The van der Waals surface area contributed by atoms with Crippen molar-refractivity contribution in [3.63, 3.8) is 0 Å². The van der Waals surface area contributed by atoms with Gasteiger partial charge in [-0.3, -0.25) is 0 Å². The molecule has 0 unspecified atom stereocenters. The predicted molar refractivity (Wildman–Crippen MR) is 91.6 cm³/mol. The van der Waals surface area contributed by atoms with E-state index in [1.807, 2.05) is 24.3 Å². The molecular formula is C19H20N2O4. The minimum atomic E-state index is -0.0553. The Kier molecular flexibility index (Phi) is 5.64. The number of nitrogens with zero attached hydrogens (tertiary/aromatic N) is 2. The molecule has 0 saturated carbocycles. The Morgan fingerprint density at radius 2 is 1.72 bits per heavy atom. The van der Waals surface area contributed by atoms with Crippen LogP contribution < -0.4 is 9.47 Å². The number of aromatic nitrogens is 2. The van der Waals surface area contributed by atoms with Crippen LogP contribution >= 0.6 is 0 Å². The van der Waals surface area contributed by atoms with Crippen LogP contribution in [-0.2, 0) is 13.0 Å². The molecule has 1 N–H and O–H groups in total. The lowest BCUT2D eigenvalue weighted by Crippen LogP contribution is -2.04. The molecule has 0 aliphatic carbocycles. The normalized spacial score (nSPS) is 10.6. The Morgan fingerprint density at radius 3 is 2.48 bits per heavy atom. The van der Waals surface area contributed by atoms with E-state index in [1.54, 1.807) is 12.1 Å². The summed E-state index contributed by atoms with van der Waals surface area (Å²) in [5, 5.41) is 12.9. The van der Waals surface area contributed by atoms with Gasteiger partial charge in [0.15, 0.2) is 23.9 Å². The number of hydrogen-bond acceptors (Lipinski definition) is 6. The van der Waals surface area contributed by atoms with Crippen molar-refractivity contribution in [3.8, 4) is 11.5 Å². The van der Waals surface area contributed by atoms with E-state index in [-0.39, 0.29) is 19.8 Å². The maximum Gasteiger partial charge on any atom is 0.264 e. The van der Waals surface area contributed by atoms with Crippen LogP contribution in [0.1, 0.15) is 22.8 Å². The minimum Gasteiger partial charge on any atom is -0.487 e. The summed E-state index contributed by atoms with van der Waals surface area (Å²) in [6.07, 6.45) is 0.617. The van der Waals surface area contributed by atoms with E-state index in [9.17, 15) is 0 Å². The van der Waals surface area contributed by atoms with Crippen molar-refractivity contribution in [2.75, 3.05) is 13.2 Å². The summed E-state index contributed by atoms with van der Waals surface area (Å²) in [5.74, 6) is 2.16. The van der Waals surface area contributed by atoms with Crippen LogP contribution in [0.3, 0.4) is 0 Å². The summed E-state index contributed by atoms with van der Waals surface area (Å²) >= 11 is 0. The topological polar surface area (TPSA) is 77.6 Å². The zero-order chi connectivity index (χ0) is 17.5. The van der Waals surface area contributed by atoms with Crippen LogP contribution in [-0.4, -0.2) is 28.5 Å². The van der Waals surface area contributed by atoms with Crippen molar-refractivity contribution in [1.82, 2.24) is 10.1 Å². The molecule has 1 heterocycles. The van der Waals surface area contributed by atoms with E-state index >= 15 is 0 Å². The molecule has 0 bridgehead atoms. The Morgan fingerprint density at radius 1 is 1.00 bits per heavy atom. The molecule has 2 aromatic carbocycles. The highest BCUT2D eigenvalue weighted by molar-refractivity contribution is 5.39. The summed E-state index contributed by atoms with van der Waals surface area (Å²) in [7, 11) is 0. The lowest BCUT2D eigenvalue weighted by atomic mass is 10.1. The summed E-state index contributed by atoms with van der Waals surface area (Å²) in [4.78, 5) is 4.37. The third-order valence-corrected chi connectivity index (χ3v) is 3.67. The van der Waals surface area contributed by atoms with Crippen molar-refractivity contribution < 1.29 is 19.1 Å². The van der Waals surface area contributed by atoms with Gasteiger partial charge in [-0.2, -0.15) is 4.98 Å². The molecule has 0 atom stereocenters. The smallest absolute Gasteiger partial charge is 0.264 e. The molecule has 1 aromatic heterocycles. The van der Waals surface area contributed by atoms with Crippen LogP contribution in [0.4, 0.5) is 0 Å². The van der Waals surface area contributed by atoms with Crippen molar-refractivity contribution in [2.45, 2.75) is 20.0 Å². The van der Waals surface area contributed by atoms with E-state index in [0.29, 0.717) is 29.6 Å². The van der Waals surface area contributed by atoms with Gasteiger partial charge in [0.05, 0.1) is 6.61 Å². The van der Waals surface area contributed by atoms with E-state index in [1.165, 1.54) is 11.1 Å². The molecule has 25 heavy (non-hydrogen) atoms. The first-order valence-electron chi connectivity index (χ1n) is 8.07. The fraction of sp³-hybridized carbons (Fsp3) is 0.263. The van der Waals surface area contributed by atoms with Gasteiger partial charge in [0.2, 0.25) is 0 Å². The number of aliphatic hydroxyl groups is 1. The second-order valence-electron chi connectivity index (χ2n) is 5.52. The van der Waals surface area contributed by atoms with Crippen LogP contribution in [0.2, 0.25) is 0 Å². The number of benzene rings is 2. The SMILES string of the molecule is Cc1ccccc1Cc1noc(COc2ccccc2OCCO)n1. The van der Waals surface area contributed by atoms with E-state index in [2.05, 4.69) is 29.2 Å². The highest BCUT2D eigenvalue weighted by atomic mass is 16.5. The average molecular weight is 340 g/mol. The summed E-state index contributed by atoms with van der Waals surface area (Å²) < 4.78 is 16.4. The number of aliphatic hydroxyl groups excluding tert-OH is 1. The Bertz CT molecular complexity index is 816. The summed E-state index contributed by atoms with van der Waals surface area (Å²) in [6.45, 7) is 2.37. The maximum absolute atomic E-state index is 8.87. The van der Waals surface area contributed by atoms with Crippen LogP contribution in [0.15, 0.2) is 53.1 Å². The van der Waals surface area contributed by atoms with Gasteiger partial charge in [0.1, 0.15) is 6.61 Å². The number of ether oxygens (including phenoxy) is 2. The van der Waals surface area contributed by atoms with Crippen molar-refractivity contribution in [1.29, 1.82) is 0 Å². The van der Waals surface area contributed by atoms with Gasteiger partial charge in [-0.05, 0) is 30.2 Å². The third-order valence-electron chi connectivity index (χ3n) is 3.67. The van der Waals surface area contributed by atoms with Gasteiger partial charge in [-0.25, -0.2) is 0 Å². The van der Waals surface area contributed by atoms with Crippen LogP contribution in [0, 0.1) is 6.92 Å². The second-order valence-corrected chi connectivity index (χ2v) is 5.52. The molecule has 0 aliphatic heterocycles. The molecule has 130 valence electrons. The zero-order valence-electron chi connectivity index (χ0n) is 14.0. The first-order chi connectivity index (χ1) is 12.3. The number of rotatable bonds is 8. The van der Waals surface area contributed by atoms with Gasteiger partial charge < -0.3 is 19.1 Å². The average Bonchev–Trinajstić information content (AvgIpc) is 3.08. The molecule has 0 spiro atoms. The Balaban J connectivity index is 1.62. The molecule has 0 fully saturated rings. The number of aryl methyl sites for hydroxylation is 1. The van der Waals surface area contributed by atoms with Gasteiger partial charge >= 0.3 is 0 Å². The number of hydrogen-bond donors (Lipinski definition) is 1. The quantitative estimate of drug-likeness (QED) is 0.679. The lowest BCUT2D eigenvalue weighted by molar-refractivity contribution is 0.187. The lowest BCUT2D eigenvalue weighted by Gasteiger charge is -2.10. The molecule has 0 radical (unpaired) electrons. The third kappa shape index (κ3) is 4.58. The van der Waals surface area contributed by atoms with E-state index < -0.39 is 0 Å². The van der Waals surface area contributed by atoms with Gasteiger partial charge in [0.25, 0.3) is 5.89 Å². The molecule has 0 aliphatic rings. The molecule has 0 amide bonds. The summed E-state index contributed by atoms with van der Waals surface area (Å²) in [6, 6.07) is 15.4. The molecule has 6 heteroatoms. The maximum atomic E-state index is 8.87. The largest absolute Gasteiger partial charge is 0.487 e. The van der Waals surface area contributed by atoms with Gasteiger partial charge in [-0.1, -0.05) is 41.6 Å². The monoisotopic (exact) mass is 340 g/mol. The molecule has 6 nitrogen and oxygen atoms in total. The minimum absolute atomic E-state index is 0.0553. The van der Waals surface area contributed by atoms with Crippen molar-refractivity contribution in [2.24, 2.45) is 0 Å². The summed E-state index contributed by atoms with van der Waals surface area (Å²) in [5.41, 5.74) is 2.36. The van der Waals surface area contributed by atoms with Crippen molar-refractivity contribution in [3.05, 3.63) is 71.4 Å². The molecule has 0 saturated heterocycles. The van der Waals surface area contributed by atoms with E-state index in [4.69, 9.17) is 19.1 Å². The Labute approximate surface area is 146 Å². The highest BCUT2D eigenvalue weighted by Gasteiger charge is 2.11. The second kappa shape index (κ2) is 8.30. The van der Waals surface area contributed by atoms with E-state index in [0.717, 1.165) is 0 Å². The van der Waals surface area contributed by atoms with Crippen LogP contribution in [0.5, 0.6) is 11.5 Å². The molecule has 3 rings (SSSR count). The predicted octanol–water partition coefficient (Wildman–Crippen LogP) is 2.92. The Hall–Kier alpha value is -2.86. The molecule has 3 aromatic rings. The fourth-order valence-corrected chi connectivity index (χ4v) is 2.38. The first-order valence-corrected chi connectivity index (χ1v) is 8.07. The van der Waals surface area contributed by atoms with Gasteiger partial charge in [-0.15, -0.1) is 0 Å². The zero-order valence-corrected chi connectivity index (χ0v) is 14.0. The molecular weight excluding hydrogens is 320 g/mol. The first kappa shape index (κ1) is 17.0. The van der Waals surface area contributed by atoms with Crippen molar-refractivity contribution >= 4 is 0 Å². The van der Waals surface area contributed by atoms with Crippen LogP contribution in [0.25, 0.3) is 0 Å².